The average Bonchev–Trinajstić information content (AvgIpc) is 2.61. The second kappa shape index (κ2) is 8.69. The summed E-state index contributed by atoms with van der Waals surface area (Å²) < 4.78 is 30.0. The van der Waals surface area contributed by atoms with Gasteiger partial charge in [-0.2, -0.15) is 0 Å². The normalized spacial score (nSPS) is 14.1. The lowest BCUT2D eigenvalue weighted by Gasteiger charge is -2.43. The minimum Gasteiger partial charge on any atom is -0.407 e. The highest BCUT2D eigenvalue weighted by Gasteiger charge is 2.50. The molecule has 0 radical (unpaired) electrons. The highest BCUT2D eigenvalue weighted by atomic mass is 32.2. The fraction of sp³-hybridized carbons (Fsp3) is 0.429. The van der Waals surface area contributed by atoms with E-state index in [0.717, 1.165) is 0 Å². The maximum absolute atomic E-state index is 11.6. The van der Waals surface area contributed by atoms with Crippen LogP contribution in [0, 0.1) is 5.92 Å². The molecule has 0 spiro atoms. The van der Waals surface area contributed by atoms with Gasteiger partial charge in [0, 0.05) is 6.61 Å². The first-order valence-electron chi connectivity index (χ1n) is 9.35. The van der Waals surface area contributed by atoms with E-state index in [1.165, 1.54) is 10.4 Å². The van der Waals surface area contributed by atoms with Gasteiger partial charge in [0.1, 0.15) is 0 Å². The fourth-order valence-corrected chi connectivity index (χ4v) is 9.25. The molecule has 0 saturated carbocycles. The summed E-state index contributed by atoms with van der Waals surface area (Å²) >= 11 is 0. The van der Waals surface area contributed by atoms with Crippen molar-refractivity contribution in [2.75, 3.05) is 12.4 Å². The molecule has 0 fully saturated rings. The number of sulfonamides is 1. The lowest BCUT2D eigenvalue weighted by molar-refractivity contribution is 0.243. The quantitative estimate of drug-likeness (QED) is 0.687. The Kier molecular flexibility index (Phi) is 7.02. The Labute approximate surface area is 164 Å². The molecule has 2 aromatic carbocycles. The van der Waals surface area contributed by atoms with Crippen LogP contribution >= 0.6 is 0 Å². The van der Waals surface area contributed by atoms with Gasteiger partial charge < -0.3 is 4.43 Å². The van der Waals surface area contributed by atoms with Crippen LogP contribution in [0.4, 0.5) is 0 Å². The van der Waals surface area contributed by atoms with E-state index < -0.39 is 18.3 Å². The number of hydrogen-bond donors (Lipinski definition) is 1. The molecule has 6 heteroatoms. The van der Waals surface area contributed by atoms with Crippen molar-refractivity contribution in [2.45, 2.75) is 39.2 Å². The summed E-state index contributed by atoms with van der Waals surface area (Å²) in [5.41, 5.74) is 0. The van der Waals surface area contributed by atoms with E-state index in [2.05, 4.69) is 45.0 Å². The smallest absolute Gasteiger partial charge is 0.261 e. The van der Waals surface area contributed by atoms with Gasteiger partial charge >= 0.3 is 0 Å². The van der Waals surface area contributed by atoms with Gasteiger partial charge in [-0.3, -0.25) is 0 Å². The van der Waals surface area contributed by atoms with Crippen LogP contribution < -0.4 is 15.5 Å². The highest BCUT2D eigenvalue weighted by Crippen LogP contribution is 2.37. The number of hydrogen-bond acceptors (Lipinski definition) is 3. The number of nitrogens with two attached hydrogens (primary N) is 1. The van der Waals surface area contributed by atoms with Gasteiger partial charge in [-0.25, -0.2) is 13.6 Å². The average molecular weight is 406 g/mol. The predicted octanol–water partition coefficient (Wildman–Crippen LogP) is 2.88. The van der Waals surface area contributed by atoms with E-state index in [0.29, 0.717) is 13.0 Å². The third-order valence-electron chi connectivity index (χ3n) is 5.00. The summed E-state index contributed by atoms with van der Waals surface area (Å²) in [4.78, 5) is 0. The van der Waals surface area contributed by atoms with Gasteiger partial charge in [0.2, 0.25) is 10.0 Å². The van der Waals surface area contributed by atoms with Crippen LogP contribution in [0.25, 0.3) is 0 Å². The molecule has 0 aliphatic rings. The van der Waals surface area contributed by atoms with Crippen LogP contribution in [-0.2, 0) is 14.4 Å². The third kappa shape index (κ3) is 5.29. The molecule has 0 aliphatic heterocycles. The topological polar surface area (TPSA) is 69.4 Å². The first kappa shape index (κ1) is 21.8. The zero-order valence-electron chi connectivity index (χ0n) is 16.7. The summed E-state index contributed by atoms with van der Waals surface area (Å²) in [5, 5.41) is 7.54. The Morgan fingerprint density at radius 2 is 1.41 bits per heavy atom. The van der Waals surface area contributed by atoms with Crippen molar-refractivity contribution in [3.05, 3.63) is 60.7 Å². The Bertz CT molecular complexity index is 778. The summed E-state index contributed by atoms with van der Waals surface area (Å²) in [5.74, 6) is -0.177. The van der Waals surface area contributed by atoms with Gasteiger partial charge in [-0.05, 0) is 21.3 Å². The molecule has 0 unspecified atom stereocenters. The molecule has 0 aromatic heterocycles. The van der Waals surface area contributed by atoms with Crippen LogP contribution in [0.1, 0.15) is 34.1 Å². The summed E-state index contributed by atoms with van der Waals surface area (Å²) in [6.07, 6.45) is 0.703. The molecule has 148 valence electrons. The van der Waals surface area contributed by atoms with Crippen molar-refractivity contribution in [2.24, 2.45) is 11.1 Å². The van der Waals surface area contributed by atoms with Crippen molar-refractivity contribution in [1.82, 2.24) is 0 Å². The van der Waals surface area contributed by atoms with E-state index in [4.69, 9.17) is 9.56 Å². The van der Waals surface area contributed by atoms with Gasteiger partial charge in [0.15, 0.2) is 0 Å². The Balaban J connectivity index is 2.52. The Morgan fingerprint density at radius 1 is 0.963 bits per heavy atom. The van der Waals surface area contributed by atoms with E-state index in [9.17, 15) is 8.42 Å². The first-order chi connectivity index (χ1) is 12.6. The summed E-state index contributed by atoms with van der Waals surface area (Å²) in [7, 11) is -6.17. The van der Waals surface area contributed by atoms with Crippen LogP contribution in [0.15, 0.2) is 60.7 Å². The lowest BCUT2D eigenvalue weighted by Crippen LogP contribution is -2.67. The molecule has 0 heterocycles. The molecule has 0 bridgehead atoms. The molecule has 0 aliphatic carbocycles. The maximum atomic E-state index is 11.6. The molecule has 2 rings (SSSR count). The Morgan fingerprint density at radius 3 is 1.74 bits per heavy atom. The number of benzene rings is 2. The molecule has 2 aromatic rings. The van der Waals surface area contributed by atoms with Crippen molar-refractivity contribution < 1.29 is 12.8 Å². The van der Waals surface area contributed by atoms with E-state index >= 15 is 0 Å². The largest absolute Gasteiger partial charge is 0.407 e. The standard InChI is InChI=1S/C21H31NO3SSi/c1-5-18(17-26(22,23)24)16-25-27(21(2,3)4,19-12-8-6-9-13-19)20-14-10-7-11-15-20/h6-15,18H,5,16-17H2,1-4H3,(H2,22,23,24)/t18-/m0/s1. The van der Waals surface area contributed by atoms with E-state index in [-0.39, 0.29) is 16.7 Å². The SMILES string of the molecule is CC[C@@H](CO[Si](c1ccccc1)(c1ccccc1)C(C)(C)C)CS(N)(=O)=O. The van der Waals surface area contributed by atoms with Crippen molar-refractivity contribution in [1.29, 1.82) is 0 Å². The van der Waals surface area contributed by atoms with Gasteiger partial charge in [-0.1, -0.05) is 94.8 Å². The van der Waals surface area contributed by atoms with Gasteiger partial charge in [-0.15, -0.1) is 0 Å². The van der Waals surface area contributed by atoms with Crippen LogP contribution in [-0.4, -0.2) is 29.1 Å². The van der Waals surface area contributed by atoms with Crippen LogP contribution in [0.3, 0.4) is 0 Å². The molecule has 1 atom stereocenters. The molecule has 0 amide bonds. The molecular weight excluding hydrogens is 374 g/mol. The molecule has 0 saturated heterocycles. The van der Waals surface area contributed by atoms with Gasteiger partial charge in [0.05, 0.1) is 5.75 Å². The summed E-state index contributed by atoms with van der Waals surface area (Å²) in [6, 6.07) is 20.7. The van der Waals surface area contributed by atoms with Crippen molar-refractivity contribution in [3.8, 4) is 0 Å². The number of primary sulfonamides is 1. The second-order valence-corrected chi connectivity index (χ2v) is 14.0. The molecular formula is C21H31NO3SSi. The fourth-order valence-electron chi connectivity index (χ4n) is 3.62. The molecule has 27 heavy (non-hydrogen) atoms. The predicted molar refractivity (Wildman–Crippen MR) is 115 cm³/mol. The molecule has 2 N–H and O–H groups in total. The van der Waals surface area contributed by atoms with Crippen molar-refractivity contribution >= 4 is 28.7 Å². The van der Waals surface area contributed by atoms with E-state index in [1.807, 2.05) is 43.3 Å². The minimum absolute atomic E-state index is 0.0539. The lowest BCUT2D eigenvalue weighted by atomic mass is 10.1. The van der Waals surface area contributed by atoms with E-state index in [1.54, 1.807) is 0 Å². The minimum atomic E-state index is -3.53. The third-order valence-corrected chi connectivity index (χ3v) is 10.9. The Hall–Kier alpha value is -1.47. The van der Waals surface area contributed by atoms with Crippen LogP contribution in [0.2, 0.25) is 5.04 Å². The molecule has 4 nitrogen and oxygen atoms in total. The zero-order valence-corrected chi connectivity index (χ0v) is 18.5. The van der Waals surface area contributed by atoms with Crippen molar-refractivity contribution in [3.63, 3.8) is 0 Å². The monoisotopic (exact) mass is 405 g/mol. The first-order valence-corrected chi connectivity index (χ1v) is 13.0. The van der Waals surface area contributed by atoms with Crippen LogP contribution in [0.5, 0.6) is 0 Å². The maximum Gasteiger partial charge on any atom is 0.261 e. The summed E-state index contributed by atoms with van der Waals surface area (Å²) in [6.45, 7) is 8.98. The second-order valence-electron chi connectivity index (χ2n) is 8.08. The number of rotatable bonds is 8. The highest BCUT2D eigenvalue weighted by molar-refractivity contribution is 7.89. The van der Waals surface area contributed by atoms with Gasteiger partial charge in [0.25, 0.3) is 8.32 Å². The zero-order chi connectivity index (χ0) is 20.1.